The van der Waals surface area contributed by atoms with Gasteiger partial charge in [0.2, 0.25) is 23.6 Å². The number of alkyl halides is 5. The summed E-state index contributed by atoms with van der Waals surface area (Å²) in [6.45, 7) is 0. The van der Waals surface area contributed by atoms with E-state index in [9.17, 15) is 26.7 Å². The molecule has 0 spiro atoms. The lowest BCUT2D eigenvalue weighted by Gasteiger charge is -2.31. The van der Waals surface area contributed by atoms with Gasteiger partial charge in [-0.15, -0.1) is 0 Å². The highest BCUT2D eigenvalue weighted by Gasteiger charge is 2.46. The van der Waals surface area contributed by atoms with Crippen LogP contribution >= 0.6 is 0 Å². The Morgan fingerprint density at radius 2 is 1.79 bits per heavy atom. The van der Waals surface area contributed by atoms with E-state index in [1.807, 2.05) is 0 Å². The van der Waals surface area contributed by atoms with Crippen LogP contribution in [0.2, 0.25) is 0 Å². The van der Waals surface area contributed by atoms with Crippen LogP contribution < -0.4 is 11.5 Å². The molecule has 2 fully saturated rings. The second kappa shape index (κ2) is 8.44. The van der Waals surface area contributed by atoms with E-state index in [0.29, 0.717) is 12.8 Å². The van der Waals surface area contributed by atoms with Crippen LogP contribution in [0.1, 0.15) is 68.3 Å². The Labute approximate surface area is 185 Å². The van der Waals surface area contributed by atoms with Gasteiger partial charge < -0.3 is 11.5 Å². The molecular formula is C21H25F6N5O. The van der Waals surface area contributed by atoms with Gasteiger partial charge in [0.15, 0.2) is 0 Å². The lowest BCUT2D eigenvalue weighted by atomic mass is 9.81. The standard InChI is InChI=1S/C21H25F6N5O/c22-17-16(15(28)11-3-6-20(23,24)7-4-11)31-19-30-13(5-8-32(17)19)14(10-1-2-10)12(18(29)33)9-21(25,26)27/h5,8,10-12,14-15H,1-4,6-7,9,28H2,(H2,29,33)/t12?,14-,15+/m1/s1. The molecule has 0 aromatic carbocycles. The third-order valence-electron chi connectivity index (χ3n) is 6.79. The number of carbonyl (C=O) groups is 1. The molecule has 2 saturated carbocycles. The van der Waals surface area contributed by atoms with Gasteiger partial charge in [-0.3, -0.25) is 9.20 Å². The van der Waals surface area contributed by atoms with Gasteiger partial charge in [-0.05, 0) is 43.6 Å². The number of carbonyl (C=O) groups excluding carboxylic acids is 1. The van der Waals surface area contributed by atoms with Crippen LogP contribution in [-0.4, -0.2) is 32.4 Å². The molecule has 4 rings (SSSR count). The van der Waals surface area contributed by atoms with Gasteiger partial charge in [0, 0.05) is 25.0 Å². The van der Waals surface area contributed by atoms with E-state index in [1.54, 1.807) is 0 Å². The molecule has 2 aliphatic carbocycles. The summed E-state index contributed by atoms with van der Waals surface area (Å²) < 4.78 is 82.2. The molecule has 6 nitrogen and oxygen atoms in total. The molecule has 33 heavy (non-hydrogen) atoms. The second-order valence-electron chi connectivity index (χ2n) is 9.22. The smallest absolute Gasteiger partial charge is 0.369 e. The Bertz CT molecular complexity index is 1020. The first-order valence-electron chi connectivity index (χ1n) is 10.9. The maximum atomic E-state index is 15.0. The normalized spacial score (nSPS) is 22.3. The first-order chi connectivity index (χ1) is 15.4. The van der Waals surface area contributed by atoms with Gasteiger partial charge >= 0.3 is 6.18 Å². The largest absolute Gasteiger partial charge is 0.389 e. The summed E-state index contributed by atoms with van der Waals surface area (Å²) in [4.78, 5) is 20.3. The number of nitrogens with zero attached hydrogens (tertiary/aromatic N) is 3. The summed E-state index contributed by atoms with van der Waals surface area (Å²) >= 11 is 0. The van der Waals surface area contributed by atoms with Crippen LogP contribution in [0.25, 0.3) is 5.78 Å². The minimum absolute atomic E-state index is 0.113. The van der Waals surface area contributed by atoms with E-state index in [0.717, 1.165) is 4.40 Å². The number of hydrogen-bond acceptors (Lipinski definition) is 4. The van der Waals surface area contributed by atoms with E-state index in [2.05, 4.69) is 9.97 Å². The molecule has 2 aromatic rings. The van der Waals surface area contributed by atoms with Gasteiger partial charge in [0.1, 0.15) is 5.69 Å². The van der Waals surface area contributed by atoms with E-state index >= 15 is 4.39 Å². The van der Waals surface area contributed by atoms with Crippen molar-refractivity contribution in [1.82, 2.24) is 14.4 Å². The highest BCUT2D eigenvalue weighted by Crippen LogP contribution is 2.49. The molecule has 12 heteroatoms. The Balaban J connectivity index is 1.64. The van der Waals surface area contributed by atoms with E-state index in [1.165, 1.54) is 12.3 Å². The average Bonchev–Trinajstić information content (AvgIpc) is 3.49. The van der Waals surface area contributed by atoms with E-state index < -0.39 is 48.3 Å². The third-order valence-corrected chi connectivity index (χ3v) is 6.79. The predicted molar refractivity (Wildman–Crippen MR) is 106 cm³/mol. The molecule has 0 aliphatic heterocycles. The maximum absolute atomic E-state index is 15.0. The monoisotopic (exact) mass is 477 g/mol. The first-order valence-corrected chi connectivity index (χ1v) is 10.9. The molecule has 0 saturated heterocycles. The molecule has 3 atom stereocenters. The maximum Gasteiger partial charge on any atom is 0.389 e. The Hall–Kier alpha value is -2.37. The Kier molecular flexibility index (Phi) is 6.08. The van der Waals surface area contributed by atoms with E-state index in [4.69, 9.17) is 11.5 Å². The van der Waals surface area contributed by atoms with Crippen molar-refractivity contribution < 1.29 is 31.1 Å². The highest BCUT2D eigenvalue weighted by atomic mass is 19.4. The van der Waals surface area contributed by atoms with E-state index in [-0.39, 0.29) is 54.7 Å². The first kappa shape index (κ1) is 23.8. The molecule has 4 N–H and O–H groups in total. The fraction of sp³-hybridized carbons (Fsp3) is 0.667. The van der Waals surface area contributed by atoms with Crippen molar-refractivity contribution in [3.05, 3.63) is 29.6 Å². The molecule has 2 heterocycles. The van der Waals surface area contributed by atoms with Crippen molar-refractivity contribution in [2.45, 2.75) is 69.0 Å². The van der Waals surface area contributed by atoms with Gasteiger partial charge in [-0.2, -0.15) is 17.6 Å². The summed E-state index contributed by atoms with van der Waals surface area (Å²) in [7, 11) is 0. The number of primary amides is 1. The molecule has 182 valence electrons. The fourth-order valence-corrected chi connectivity index (χ4v) is 4.86. The number of aromatic nitrogens is 3. The fourth-order valence-electron chi connectivity index (χ4n) is 4.86. The summed E-state index contributed by atoms with van der Waals surface area (Å²) in [5.74, 6) is -7.67. The Morgan fingerprint density at radius 3 is 2.33 bits per heavy atom. The number of hydrogen-bond donors (Lipinski definition) is 2. The van der Waals surface area contributed by atoms with Gasteiger partial charge in [-0.1, -0.05) is 0 Å². The SMILES string of the molecule is NC(=O)C(CC(F)(F)F)[C@H](c1ccn2c(F)c([C@@H](N)C3CCC(F)(F)CC3)nc2n1)C1CC1. The van der Waals surface area contributed by atoms with Crippen LogP contribution in [0.3, 0.4) is 0 Å². The van der Waals surface area contributed by atoms with Crippen LogP contribution in [0, 0.1) is 23.7 Å². The summed E-state index contributed by atoms with van der Waals surface area (Å²) in [6, 6.07) is 0.442. The second-order valence-corrected chi connectivity index (χ2v) is 9.22. The van der Waals surface area contributed by atoms with Crippen LogP contribution in [0.4, 0.5) is 26.3 Å². The zero-order valence-electron chi connectivity index (χ0n) is 17.7. The average molecular weight is 477 g/mol. The quantitative estimate of drug-likeness (QED) is 0.583. The predicted octanol–water partition coefficient (Wildman–Crippen LogP) is 4.24. The highest BCUT2D eigenvalue weighted by molar-refractivity contribution is 5.78. The lowest BCUT2D eigenvalue weighted by molar-refractivity contribution is -0.155. The third kappa shape index (κ3) is 5.10. The topological polar surface area (TPSA) is 99.3 Å². The van der Waals surface area contributed by atoms with Crippen LogP contribution in [-0.2, 0) is 4.79 Å². The molecule has 1 unspecified atom stereocenters. The van der Waals surface area contributed by atoms with Gasteiger partial charge in [0.25, 0.3) is 0 Å². The zero-order valence-corrected chi connectivity index (χ0v) is 17.7. The molecular weight excluding hydrogens is 452 g/mol. The van der Waals surface area contributed by atoms with Crippen molar-refractivity contribution in [2.75, 3.05) is 0 Å². The number of fused-ring (bicyclic) bond motifs is 1. The van der Waals surface area contributed by atoms with Crippen molar-refractivity contribution in [3.8, 4) is 0 Å². The Morgan fingerprint density at radius 1 is 1.15 bits per heavy atom. The number of imidazole rings is 1. The van der Waals surface area contributed by atoms with Crippen LogP contribution in [0.15, 0.2) is 12.3 Å². The molecule has 2 aromatic heterocycles. The minimum Gasteiger partial charge on any atom is -0.369 e. The lowest BCUT2D eigenvalue weighted by Crippen LogP contribution is -2.34. The summed E-state index contributed by atoms with van der Waals surface area (Å²) in [5, 5.41) is 0. The number of halogens is 6. The van der Waals surface area contributed by atoms with Crippen molar-refractivity contribution >= 4 is 11.7 Å². The zero-order chi connectivity index (χ0) is 24.1. The molecule has 0 radical (unpaired) electrons. The van der Waals surface area contributed by atoms with Gasteiger partial charge in [-0.25, -0.2) is 18.7 Å². The van der Waals surface area contributed by atoms with Gasteiger partial charge in [0.05, 0.1) is 24.1 Å². The minimum atomic E-state index is -4.59. The number of nitrogens with two attached hydrogens (primary N) is 2. The number of rotatable bonds is 7. The molecule has 1 amide bonds. The van der Waals surface area contributed by atoms with Crippen molar-refractivity contribution in [1.29, 1.82) is 0 Å². The summed E-state index contributed by atoms with van der Waals surface area (Å²) in [5.41, 5.74) is 11.5. The van der Waals surface area contributed by atoms with Crippen molar-refractivity contribution in [3.63, 3.8) is 0 Å². The van der Waals surface area contributed by atoms with Crippen LogP contribution in [0.5, 0.6) is 0 Å². The van der Waals surface area contributed by atoms with Crippen molar-refractivity contribution in [2.24, 2.45) is 29.2 Å². The molecule has 2 aliphatic rings. The summed E-state index contributed by atoms with van der Waals surface area (Å²) in [6.07, 6.45) is -3.84. The molecule has 0 bridgehead atoms. The number of amides is 1.